The molecule has 1 aliphatic carbocycles. The lowest BCUT2D eigenvalue weighted by atomic mass is 10.0. The number of aliphatic hydroxyl groups excluding tert-OH is 1. The lowest BCUT2D eigenvalue weighted by Crippen LogP contribution is -2.57. The Kier molecular flexibility index (Phi) is 5.20. The minimum Gasteiger partial charge on any atom is -0.444 e. The van der Waals surface area contributed by atoms with Crippen LogP contribution in [0.1, 0.15) is 48.0 Å². The molecule has 0 spiro atoms. The van der Waals surface area contributed by atoms with E-state index < -0.39 is 34.8 Å². The van der Waals surface area contributed by atoms with Crippen molar-refractivity contribution in [2.75, 3.05) is 0 Å². The first kappa shape index (κ1) is 18.5. The zero-order chi connectivity index (χ0) is 16.6. The lowest BCUT2D eigenvalue weighted by molar-refractivity contribution is -0.132. The van der Waals surface area contributed by atoms with Crippen LogP contribution in [0, 0.1) is 0 Å². The molecule has 0 heterocycles. The smallest absolute Gasteiger partial charge is 0.408 e. The van der Waals surface area contributed by atoms with Gasteiger partial charge in [0.1, 0.15) is 5.60 Å². The van der Waals surface area contributed by atoms with Crippen LogP contribution in [0.25, 0.3) is 0 Å². The fourth-order valence-electron chi connectivity index (χ4n) is 1.88. The number of amides is 2. The predicted molar refractivity (Wildman–Crippen MR) is 88.4 cm³/mol. The first-order valence-electron chi connectivity index (χ1n) is 6.92. The zero-order valence-electron chi connectivity index (χ0n) is 13.4. The van der Waals surface area contributed by atoms with E-state index in [0.29, 0.717) is 6.42 Å². The predicted octanol–water partition coefficient (Wildman–Crippen LogP) is 1.73. The molecule has 1 aliphatic rings. The molecule has 122 valence electrons. The Labute approximate surface area is 139 Å². The Hall–Kier alpha value is -0.570. The van der Waals surface area contributed by atoms with Gasteiger partial charge in [-0.2, -0.15) is 0 Å². The minimum absolute atomic E-state index is 0.0108. The van der Waals surface area contributed by atoms with E-state index in [2.05, 4.69) is 33.2 Å². The molecule has 21 heavy (non-hydrogen) atoms. The number of carbonyl (C=O) groups excluding carboxylic acids is 2. The molecule has 7 heteroatoms. The Bertz CT molecular complexity index is 428. The molecule has 0 aromatic heterocycles. The number of hydrogen-bond acceptors (Lipinski definition) is 4. The summed E-state index contributed by atoms with van der Waals surface area (Å²) in [6.07, 6.45) is -1.39. The molecule has 1 saturated carbocycles. The minimum atomic E-state index is -1.30. The maximum Gasteiger partial charge on any atom is 0.408 e. The number of alkyl halides is 1. The SMILES string of the molecule is CC(C)(C)NC(=O)C(O)[C@@]1(NC(=O)OC(C)(C)C)C[C@H]1I. The molecule has 0 radical (unpaired) electrons. The van der Waals surface area contributed by atoms with Crippen LogP contribution < -0.4 is 10.6 Å². The average molecular weight is 412 g/mol. The van der Waals surface area contributed by atoms with Crippen molar-refractivity contribution in [2.45, 2.75) is 74.7 Å². The van der Waals surface area contributed by atoms with Gasteiger partial charge in [0.15, 0.2) is 6.10 Å². The van der Waals surface area contributed by atoms with Gasteiger partial charge in [0.05, 0.1) is 5.54 Å². The summed E-state index contributed by atoms with van der Waals surface area (Å²) in [5.74, 6) is -0.488. The zero-order valence-corrected chi connectivity index (χ0v) is 15.6. The maximum atomic E-state index is 12.1. The van der Waals surface area contributed by atoms with Gasteiger partial charge in [-0.3, -0.25) is 4.79 Å². The highest BCUT2D eigenvalue weighted by atomic mass is 127. The summed E-state index contributed by atoms with van der Waals surface area (Å²) < 4.78 is 5.19. The molecule has 2 amide bonds. The van der Waals surface area contributed by atoms with Crippen LogP contribution in [0.5, 0.6) is 0 Å². The number of alkyl carbamates (subject to hydrolysis) is 1. The van der Waals surface area contributed by atoms with Gasteiger partial charge < -0.3 is 20.5 Å². The van der Waals surface area contributed by atoms with Crippen molar-refractivity contribution in [2.24, 2.45) is 0 Å². The number of hydrogen-bond donors (Lipinski definition) is 3. The molecule has 3 atom stereocenters. The van der Waals surface area contributed by atoms with Crippen molar-refractivity contribution in [3.63, 3.8) is 0 Å². The number of aliphatic hydroxyl groups is 1. The average Bonchev–Trinajstić information content (AvgIpc) is 2.83. The normalized spacial score (nSPS) is 26.8. The van der Waals surface area contributed by atoms with Crippen molar-refractivity contribution in [3.05, 3.63) is 0 Å². The molecule has 3 N–H and O–H groups in total. The fourth-order valence-corrected chi connectivity index (χ4v) is 3.11. The van der Waals surface area contributed by atoms with Crippen molar-refractivity contribution < 1.29 is 19.4 Å². The van der Waals surface area contributed by atoms with Crippen LogP contribution in [-0.2, 0) is 9.53 Å². The first-order chi connectivity index (χ1) is 9.27. The van der Waals surface area contributed by atoms with E-state index >= 15 is 0 Å². The molecule has 0 aromatic carbocycles. The first-order valence-corrected chi connectivity index (χ1v) is 8.17. The standard InChI is InChI=1S/C14H25IN2O4/c1-12(2,3)16-10(19)9(18)14(7-8(14)15)17-11(20)21-13(4,5)6/h8-9,18H,7H2,1-6H3,(H,16,19)(H,17,20)/t8-,9?,14-/m1/s1. The highest BCUT2D eigenvalue weighted by molar-refractivity contribution is 14.1. The highest BCUT2D eigenvalue weighted by Gasteiger charge is 2.62. The number of nitrogens with one attached hydrogen (secondary N) is 2. The van der Waals surface area contributed by atoms with E-state index in [4.69, 9.17) is 4.74 Å². The van der Waals surface area contributed by atoms with E-state index in [1.54, 1.807) is 20.8 Å². The Morgan fingerprint density at radius 1 is 1.29 bits per heavy atom. The maximum absolute atomic E-state index is 12.1. The summed E-state index contributed by atoms with van der Waals surface area (Å²) in [4.78, 5) is 24.0. The van der Waals surface area contributed by atoms with E-state index in [0.717, 1.165) is 0 Å². The molecule has 1 unspecified atom stereocenters. The lowest BCUT2D eigenvalue weighted by Gasteiger charge is -2.29. The van der Waals surface area contributed by atoms with Gasteiger partial charge in [0.25, 0.3) is 5.91 Å². The number of carbonyl (C=O) groups is 2. The van der Waals surface area contributed by atoms with Crippen molar-refractivity contribution in [1.29, 1.82) is 0 Å². The quantitative estimate of drug-likeness (QED) is 0.487. The Balaban J connectivity index is 2.73. The molecular formula is C14H25IN2O4. The summed E-state index contributed by atoms with van der Waals surface area (Å²) in [5, 5.41) is 15.7. The van der Waals surface area contributed by atoms with Crippen LogP contribution in [0.15, 0.2) is 0 Å². The number of ether oxygens (including phenoxy) is 1. The second-order valence-corrected chi connectivity index (χ2v) is 8.98. The van der Waals surface area contributed by atoms with Gasteiger partial charge in [0, 0.05) is 9.46 Å². The summed E-state index contributed by atoms with van der Waals surface area (Å²) in [7, 11) is 0. The second kappa shape index (κ2) is 5.91. The van der Waals surface area contributed by atoms with Gasteiger partial charge in [-0.25, -0.2) is 4.79 Å². The monoisotopic (exact) mass is 412 g/mol. The summed E-state index contributed by atoms with van der Waals surface area (Å²) in [5.41, 5.74) is -2.02. The molecule has 0 bridgehead atoms. The summed E-state index contributed by atoms with van der Waals surface area (Å²) in [6, 6.07) is 0. The van der Waals surface area contributed by atoms with Crippen LogP contribution in [0.3, 0.4) is 0 Å². The van der Waals surface area contributed by atoms with Crippen molar-refractivity contribution in [1.82, 2.24) is 10.6 Å². The second-order valence-electron chi connectivity index (χ2n) is 7.48. The molecule has 0 saturated heterocycles. The van der Waals surface area contributed by atoms with Crippen molar-refractivity contribution >= 4 is 34.6 Å². The van der Waals surface area contributed by atoms with Crippen LogP contribution in [0.2, 0.25) is 0 Å². The summed E-state index contributed by atoms with van der Waals surface area (Å²) in [6.45, 7) is 10.8. The van der Waals surface area contributed by atoms with E-state index in [1.807, 2.05) is 20.8 Å². The van der Waals surface area contributed by atoms with E-state index in [1.165, 1.54) is 0 Å². The van der Waals surface area contributed by atoms with Gasteiger partial charge in [-0.05, 0) is 48.0 Å². The van der Waals surface area contributed by atoms with E-state index in [9.17, 15) is 14.7 Å². The fraction of sp³-hybridized carbons (Fsp3) is 0.857. The number of rotatable bonds is 3. The van der Waals surface area contributed by atoms with Crippen LogP contribution in [-0.4, -0.2) is 43.8 Å². The molecule has 0 aliphatic heterocycles. The van der Waals surface area contributed by atoms with Gasteiger partial charge >= 0.3 is 6.09 Å². The van der Waals surface area contributed by atoms with Crippen molar-refractivity contribution in [3.8, 4) is 0 Å². The number of halogens is 1. The summed E-state index contributed by atoms with van der Waals surface area (Å²) >= 11 is 2.12. The van der Waals surface area contributed by atoms with Crippen LogP contribution >= 0.6 is 22.6 Å². The third kappa shape index (κ3) is 5.28. The van der Waals surface area contributed by atoms with Gasteiger partial charge in [-0.1, -0.05) is 22.6 Å². The molecular weight excluding hydrogens is 387 g/mol. The Morgan fingerprint density at radius 2 is 1.76 bits per heavy atom. The van der Waals surface area contributed by atoms with Gasteiger partial charge in [-0.15, -0.1) is 0 Å². The Morgan fingerprint density at radius 3 is 2.10 bits per heavy atom. The van der Waals surface area contributed by atoms with Gasteiger partial charge in [0.2, 0.25) is 0 Å². The van der Waals surface area contributed by atoms with Crippen LogP contribution in [0.4, 0.5) is 4.79 Å². The van der Waals surface area contributed by atoms with E-state index in [-0.39, 0.29) is 3.92 Å². The topological polar surface area (TPSA) is 87.7 Å². The third-order valence-electron chi connectivity index (χ3n) is 2.88. The molecule has 0 aromatic rings. The molecule has 1 rings (SSSR count). The highest BCUT2D eigenvalue weighted by Crippen LogP contribution is 2.46. The molecule has 1 fully saturated rings. The molecule has 6 nitrogen and oxygen atoms in total. The largest absolute Gasteiger partial charge is 0.444 e. The third-order valence-corrected chi connectivity index (χ3v) is 4.44.